The van der Waals surface area contributed by atoms with Crippen molar-refractivity contribution in [3.63, 3.8) is 0 Å². The molecular weight excluding hydrogens is 92.1 g/mol. The van der Waals surface area contributed by atoms with Crippen molar-refractivity contribution < 1.29 is 9.47 Å². The summed E-state index contributed by atoms with van der Waals surface area (Å²) in [5.74, 6) is 0. The fourth-order valence-electron chi connectivity index (χ4n) is 0.177. The minimum absolute atomic E-state index is 0.312. The molecule has 0 aromatic carbocycles. The van der Waals surface area contributed by atoms with Crippen molar-refractivity contribution in [3.8, 4) is 0 Å². The zero-order valence-electron chi connectivity index (χ0n) is 4.35. The molecule has 2 heteroatoms. The number of hydrogen-bond donors (Lipinski definition) is 0. The molecule has 7 heavy (non-hydrogen) atoms. The van der Waals surface area contributed by atoms with Gasteiger partial charge in [-0.2, -0.15) is 0 Å². The monoisotopic (exact) mass is 102 g/mol. The Morgan fingerprint density at radius 2 is 1.43 bits per heavy atom. The number of ether oxygens (including phenoxy) is 2. The molecule has 0 saturated carbocycles. The quantitative estimate of drug-likeness (QED) is 0.383. The number of hydrogen-bond acceptors (Lipinski definition) is 2. The highest BCUT2D eigenvalue weighted by Gasteiger charge is 1.76. The molecule has 0 aliphatic carbocycles. The fraction of sp³-hybridized carbons (Fsp3) is 0.600. The molecule has 0 saturated heterocycles. The molecule has 0 heterocycles. The van der Waals surface area contributed by atoms with E-state index in [-0.39, 0.29) is 0 Å². The molecule has 0 spiro atoms. The van der Waals surface area contributed by atoms with Gasteiger partial charge in [0, 0.05) is 13.2 Å². The maximum absolute atomic E-state index is 4.70. The topological polar surface area (TPSA) is 18.5 Å². The summed E-state index contributed by atoms with van der Waals surface area (Å²) < 4.78 is 9.40. The summed E-state index contributed by atoms with van der Waals surface area (Å²) >= 11 is 0. The van der Waals surface area contributed by atoms with E-state index in [2.05, 4.69) is 13.8 Å². The molecule has 0 amide bonds. The molecule has 2 nitrogen and oxygen atoms in total. The predicted molar refractivity (Wildman–Crippen MR) is 27.5 cm³/mol. The zero-order chi connectivity index (χ0) is 5.54. The minimum atomic E-state index is 0.312. The van der Waals surface area contributed by atoms with Crippen molar-refractivity contribution in [3.05, 3.63) is 13.8 Å². The summed E-state index contributed by atoms with van der Waals surface area (Å²) in [6, 6.07) is 0. The van der Waals surface area contributed by atoms with E-state index in [1.165, 1.54) is 0 Å². The highest BCUT2D eigenvalue weighted by Crippen LogP contribution is 1.73. The normalized spacial score (nSPS) is 9.43. The van der Waals surface area contributed by atoms with E-state index in [0.29, 0.717) is 20.0 Å². The van der Waals surface area contributed by atoms with Crippen LogP contribution in [0.4, 0.5) is 0 Å². The molecule has 0 aliphatic heterocycles. The van der Waals surface area contributed by atoms with Crippen molar-refractivity contribution >= 4 is 0 Å². The molecule has 0 atom stereocenters. The van der Waals surface area contributed by atoms with Crippen LogP contribution in [0.2, 0.25) is 0 Å². The van der Waals surface area contributed by atoms with Crippen LogP contribution < -0.4 is 0 Å². The van der Waals surface area contributed by atoms with Crippen molar-refractivity contribution in [2.75, 3.05) is 20.0 Å². The van der Waals surface area contributed by atoms with Crippen molar-refractivity contribution in [2.24, 2.45) is 0 Å². The van der Waals surface area contributed by atoms with Gasteiger partial charge < -0.3 is 9.47 Å². The Bertz CT molecular complexity index is 25.3. The summed E-state index contributed by atoms with van der Waals surface area (Å²) in [6.07, 6.45) is 0. The molecule has 0 aromatic rings. The SMILES string of the molecule is [CH2]COCOC[CH2]. The van der Waals surface area contributed by atoms with Crippen LogP contribution in [0.3, 0.4) is 0 Å². The van der Waals surface area contributed by atoms with Gasteiger partial charge >= 0.3 is 0 Å². The number of rotatable bonds is 4. The van der Waals surface area contributed by atoms with Crippen LogP contribution in [-0.2, 0) is 9.47 Å². The van der Waals surface area contributed by atoms with Gasteiger partial charge in [-0.3, -0.25) is 0 Å². The Kier molecular flexibility index (Phi) is 5.85. The predicted octanol–water partition coefficient (Wildman–Crippen LogP) is 0.645. The first-order valence-corrected chi connectivity index (χ1v) is 2.15. The minimum Gasteiger partial charge on any atom is -0.355 e. The lowest BCUT2D eigenvalue weighted by Crippen LogP contribution is -1.97. The second-order valence-corrected chi connectivity index (χ2v) is 0.934. The van der Waals surface area contributed by atoms with Gasteiger partial charge in [0.25, 0.3) is 0 Å². The summed E-state index contributed by atoms with van der Waals surface area (Å²) in [5, 5.41) is 0. The Morgan fingerprint density at radius 1 is 1.00 bits per heavy atom. The highest BCUT2D eigenvalue weighted by atomic mass is 16.7. The third kappa shape index (κ3) is 5.92. The Labute approximate surface area is 44.4 Å². The van der Waals surface area contributed by atoms with Gasteiger partial charge in [0.1, 0.15) is 6.79 Å². The van der Waals surface area contributed by atoms with Crippen LogP contribution in [0, 0.1) is 13.8 Å². The van der Waals surface area contributed by atoms with Gasteiger partial charge in [0.05, 0.1) is 0 Å². The van der Waals surface area contributed by atoms with Crippen molar-refractivity contribution in [2.45, 2.75) is 0 Å². The van der Waals surface area contributed by atoms with Crippen molar-refractivity contribution in [1.29, 1.82) is 0 Å². The van der Waals surface area contributed by atoms with E-state index in [4.69, 9.17) is 9.47 Å². The first-order valence-electron chi connectivity index (χ1n) is 2.15. The molecule has 0 fully saturated rings. The molecule has 2 radical (unpaired) electrons. The van der Waals surface area contributed by atoms with Crippen LogP contribution >= 0.6 is 0 Å². The zero-order valence-corrected chi connectivity index (χ0v) is 4.35. The fourth-order valence-corrected chi connectivity index (χ4v) is 0.177. The van der Waals surface area contributed by atoms with Gasteiger partial charge in [0.15, 0.2) is 0 Å². The average Bonchev–Trinajstić information content (AvgIpc) is 1.69. The maximum atomic E-state index is 4.70. The van der Waals surface area contributed by atoms with Gasteiger partial charge in [-0.1, -0.05) is 0 Å². The smallest absolute Gasteiger partial charge is 0.146 e. The van der Waals surface area contributed by atoms with E-state index in [1.54, 1.807) is 0 Å². The Balaban J connectivity index is 2.45. The van der Waals surface area contributed by atoms with Gasteiger partial charge in [-0.15, -0.1) is 0 Å². The van der Waals surface area contributed by atoms with Crippen LogP contribution in [0.25, 0.3) is 0 Å². The van der Waals surface area contributed by atoms with E-state index < -0.39 is 0 Å². The lowest BCUT2D eigenvalue weighted by Gasteiger charge is -1.97. The third-order valence-corrected chi connectivity index (χ3v) is 0.455. The standard InChI is InChI=1S/C5H10O2/c1-3-6-5-7-4-2/h1-5H2. The molecular formula is C5H10O2. The summed E-state index contributed by atoms with van der Waals surface area (Å²) in [4.78, 5) is 0. The molecule has 0 unspecified atom stereocenters. The Morgan fingerprint density at radius 3 is 1.71 bits per heavy atom. The van der Waals surface area contributed by atoms with Crippen LogP contribution in [0.1, 0.15) is 0 Å². The van der Waals surface area contributed by atoms with Gasteiger partial charge in [0.2, 0.25) is 0 Å². The Hall–Kier alpha value is -0.0800. The second-order valence-electron chi connectivity index (χ2n) is 0.934. The van der Waals surface area contributed by atoms with Gasteiger partial charge in [-0.05, 0) is 13.8 Å². The summed E-state index contributed by atoms with van der Waals surface area (Å²) in [5.41, 5.74) is 0. The van der Waals surface area contributed by atoms with Crippen LogP contribution in [0.15, 0.2) is 0 Å². The van der Waals surface area contributed by atoms with E-state index >= 15 is 0 Å². The highest BCUT2D eigenvalue weighted by molar-refractivity contribution is 4.27. The average molecular weight is 102 g/mol. The summed E-state index contributed by atoms with van der Waals surface area (Å²) in [7, 11) is 0. The van der Waals surface area contributed by atoms with E-state index in [9.17, 15) is 0 Å². The van der Waals surface area contributed by atoms with E-state index in [0.717, 1.165) is 0 Å². The third-order valence-electron chi connectivity index (χ3n) is 0.455. The molecule has 0 N–H and O–H groups in total. The molecule has 0 aromatic heterocycles. The lowest BCUT2D eigenvalue weighted by atomic mass is 10.9. The van der Waals surface area contributed by atoms with Crippen molar-refractivity contribution in [1.82, 2.24) is 0 Å². The molecule has 0 bridgehead atoms. The van der Waals surface area contributed by atoms with E-state index in [1.807, 2.05) is 0 Å². The van der Waals surface area contributed by atoms with Crippen LogP contribution in [0.5, 0.6) is 0 Å². The summed E-state index contributed by atoms with van der Waals surface area (Å²) in [6.45, 7) is 8.10. The second kappa shape index (κ2) is 5.92. The molecule has 0 rings (SSSR count). The van der Waals surface area contributed by atoms with Crippen LogP contribution in [-0.4, -0.2) is 20.0 Å². The first kappa shape index (κ1) is 6.92. The largest absolute Gasteiger partial charge is 0.355 e. The first-order chi connectivity index (χ1) is 3.41. The maximum Gasteiger partial charge on any atom is 0.146 e. The molecule has 0 aliphatic rings. The van der Waals surface area contributed by atoms with Gasteiger partial charge in [-0.25, -0.2) is 0 Å². The lowest BCUT2D eigenvalue weighted by molar-refractivity contribution is -0.0343. The molecule has 42 valence electrons.